The molecule has 0 heterocycles. The number of amides is 1. The first-order valence-electron chi connectivity index (χ1n) is 7.46. The Morgan fingerprint density at radius 2 is 2.20 bits per heavy atom. The normalized spacial score (nSPS) is 14.1. The zero-order chi connectivity index (χ0) is 14.4. The van der Waals surface area contributed by atoms with Crippen molar-refractivity contribution in [2.75, 3.05) is 19.7 Å². The summed E-state index contributed by atoms with van der Waals surface area (Å²) in [6.07, 6.45) is 2.27. The largest absolute Gasteiger partial charge is 0.484 e. The number of nitrogens with one attached hydrogen (secondary N) is 1. The van der Waals surface area contributed by atoms with E-state index in [1.54, 1.807) is 0 Å². The second-order valence-electron chi connectivity index (χ2n) is 5.13. The highest BCUT2D eigenvalue weighted by molar-refractivity contribution is 5.78. The summed E-state index contributed by atoms with van der Waals surface area (Å²) in [6.45, 7) is 6.77. The third kappa shape index (κ3) is 4.23. The van der Waals surface area contributed by atoms with E-state index in [0.29, 0.717) is 6.04 Å². The minimum absolute atomic E-state index is 0.0899. The maximum Gasteiger partial charge on any atom is 0.260 e. The molecule has 20 heavy (non-hydrogen) atoms. The predicted molar refractivity (Wildman–Crippen MR) is 79.7 cm³/mol. The molecule has 110 valence electrons. The Bertz CT molecular complexity index is 444. The molecule has 0 radical (unpaired) electrons. The highest BCUT2D eigenvalue weighted by Gasteiger charge is 2.31. The molecule has 1 N–H and O–H groups in total. The van der Waals surface area contributed by atoms with Gasteiger partial charge in [-0.3, -0.25) is 4.79 Å². The van der Waals surface area contributed by atoms with Gasteiger partial charge in [0, 0.05) is 19.1 Å². The van der Waals surface area contributed by atoms with Crippen LogP contribution in [0.2, 0.25) is 0 Å². The van der Waals surface area contributed by atoms with E-state index in [-0.39, 0.29) is 12.5 Å². The van der Waals surface area contributed by atoms with E-state index in [0.717, 1.165) is 38.2 Å². The maximum atomic E-state index is 12.1. The number of ether oxygens (including phenoxy) is 1. The van der Waals surface area contributed by atoms with Gasteiger partial charge in [-0.05, 0) is 44.0 Å². The van der Waals surface area contributed by atoms with Crippen LogP contribution in [0, 0.1) is 0 Å². The summed E-state index contributed by atoms with van der Waals surface area (Å²) in [5, 5.41) is 3.28. The molecule has 1 aromatic carbocycles. The van der Waals surface area contributed by atoms with Crippen molar-refractivity contribution in [1.29, 1.82) is 0 Å². The number of carbonyl (C=O) groups excluding carboxylic acids is 1. The minimum atomic E-state index is 0.0899. The molecule has 1 aliphatic carbocycles. The molecule has 1 fully saturated rings. The van der Waals surface area contributed by atoms with Gasteiger partial charge in [-0.2, -0.15) is 0 Å². The van der Waals surface area contributed by atoms with Crippen LogP contribution >= 0.6 is 0 Å². The molecule has 0 aliphatic heterocycles. The van der Waals surface area contributed by atoms with Crippen LogP contribution in [0.4, 0.5) is 0 Å². The van der Waals surface area contributed by atoms with E-state index < -0.39 is 0 Å². The molecule has 0 atom stereocenters. The van der Waals surface area contributed by atoms with Crippen LogP contribution in [0.15, 0.2) is 24.3 Å². The van der Waals surface area contributed by atoms with Gasteiger partial charge >= 0.3 is 0 Å². The molecule has 4 nitrogen and oxygen atoms in total. The fraction of sp³-hybridized carbons (Fsp3) is 0.562. The lowest BCUT2D eigenvalue weighted by Gasteiger charge is -2.20. The SMILES string of the molecule is CCNCc1cccc(OCC(=O)N(CC)C2CC2)c1. The molecular weight excluding hydrogens is 252 g/mol. The molecular formula is C16H24N2O2. The van der Waals surface area contributed by atoms with Crippen molar-refractivity contribution in [2.45, 2.75) is 39.3 Å². The average molecular weight is 276 g/mol. The number of carbonyl (C=O) groups is 1. The van der Waals surface area contributed by atoms with Crippen LogP contribution in [0.3, 0.4) is 0 Å². The molecule has 0 aromatic heterocycles. The van der Waals surface area contributed by atoms with Gasteiger partial charge in [0.2, 0.25) is 0 Å². The summed E-state index contributed by atoms with van der Waals surface area (Å²) in [6, 6.07) is 8.36. The van der Waals surface area contributed by atoms with Crippen molar-refractivity contribution >= 4 is 5.91 Å². The second kappa shape index (κ2) is 7.29. The minimum Gasteiger partial charge on any atom is -0.484 e. The Morgan fingerprint density at radius 3 is 2.85 bits per heavy atom. The van der Waals surface area contributed by atoms with E-state index in [1.165, 1.54) is 5.56 Å². The monoisotopic (exact) mass is 276 g/mol. The van der Waals surface area contributed by atoms with Gasteiger partial charge in [0.15, 0.2) is 6.61 Å². The first-order valence-corrected chi connectivity index (χ1v) is 7.46. The lowest BCUT2D eigenvalue weighted by Crippen LogP contribution is -2.36. The smallest absolute Gasteiger partial charge is 0.260 e. The topological polar surface area (TPSA) is 41.6 Å². The molecule has 1 amide bonds. The van der Waals surface area contributed by atoms with Gasteiger partial charge in [-0.15, -0.1) is 0 Å². The van der Waals surface area contributed by atoms with Crippen molar-refractivity contribution in [3.63, 3.8) is 0 Å². The van der Waals surface area contributed by atoms with Crippen molar-refractivity contribution in [1.82, 2.24) is 10.2 Å². The van der Waals surface area contributed by atoms with E-state index in [1.807, 2.05) is 30.0 Å². The fourth-order valence-corrected chi connectivity index (χ4v) is 2.27. The van der Waals surface area contributed by atoms with E-state index in [4.69, 9.17) is 4.74 Å². The first kappa shape index (κ1) is 14.9. The lowest BCUT2D eigenvalue weighted by molar-refractivity contribution is -0.133. The van der Waals surface area contributed by atoms with E-state index in [2.05, 4.69) is 18.3 Å². The van der Waals surface area contributed by atoms with Crippen molar-refractivity contribution in [3.05, 3.63) is 29.8 Å². The zero-order valence-corrected chi connectivity index (χ0v) is 12.4. The molecule has 2 rings (SSSR count). The number of nitrogens with zero attached hydrogens (tertiary/aromatic N) is 1. The standard InChI is InChI=1S/C16H24N2O2/c1-3-17-11-13-6-5-7-15(10-13)20-12-16(19)18(4-2)14-8-9-14/h5-7,10,14,17H,3-4,8-9,11-12H2,1-2H3. The molecule has 0 unspecified atom stereocenters. The van der Waals surface area contributed by atoms with Crippen molar-refractivity contribution in [2.24, 2.45) is 0 Å². The summed E-state index contributed by atoms with van der Waals surface area (Å²) in [7, 11) is 0. The predicted octanol–water partition coefficient (Wildman–Crippen LogP) is 2.19. The fourth-order valence-electron chi connectivity index (χ4n) is 2.27. The number of benzene rings is 1. The van der Waals surface area contributed by atoms with Crippen molar-refractivity contribution < 1.29 is 9.53 Å². The lowest BCUT2D eigenvalue weighted by atomic mass is 10.2. The third-order valence-corrected chi connectivity index (χ3v) is 3.49. The molecule has 1 aliphatic rings. The average Bonchev–Trinajstić information content (AvgIpc) is 3.29. The quantitative estimate of drug-likeness (QED) is 0.791. The van der Waals surface area contributed by atoms with Crippen LogP contribution in [0.5, 0.6) is 5.75 Å². The van der Waals surface area contributed by atoms with Gasteiger partial charge in [-0.1, -0.05) is 19.1 Å². The summed E-state index contributed by atoms with van der Waals surface area (Å²) < 4.78 is 5.63. The van der Waals surface area contributed by atoms with E-state index in [9.17, 15) is 4.79 Å². The molecule has 0 saturated heterocycles. The molecule has 4 heteroatoms. The van der Waals surface area contributed by atoms with Crippen LogP contribution in [0.1, 0.15) is 32.3 Å². The summed E-state index contributed by atoms with van der Waals surface area (Å²) in [4.78, 5) is 14.0. The Morgan fingerprint density at radius 1 is 1.40 bits per heavy atom. The molecule has 0 spiro atoms. The second-order valence-corrected chi connectivity index (χ2v) is 5.13. The van der Waals surface area contributed by atoms with Gasteiger partial charge < -0.3 is 15.0 Å². The van der Waals surface area contributed by atoms with Gasteiger partial charge in [0.1, 0.15) is 5.75 Å². The number of rotatable bonds is 8. The molecule has 1 aromatic rings. The summed E-state index contributed by atoms with van der Waals surface area (Å²) in [5.74, 6) is 0.854. The summed E-state index contributed by atoms with van der Waals surface area (Å²) >= 11 is 0. The number of hydrogen-bond donors (Lipinski definition) is 1. The highest BCUT2D eigenvalue weighted by Crippen LogP contribution is 2.26. The number of hydrogen-bond acceptors (Lipinski definition) is 3. The maximum absolute atomic E-state index is 12.1. The van der Waals surface area contributed by atoms with Gasteiger partial charge in [0.25, 0.3) is 5.91 Å². The Balaban J connectivity index is 1.84. The Labute approximate surface area is 121 Å². The third-order valence-electron chi connectivity index (χ3n) is 3.49. The van der Waals surface area contributed by atoms with E-state index >= 15 is 0 Å². The van der Waals surface area contributed by atoms with Gasteiger partial charge in [0.05, 0.1) is 0 Å². The Kier molecular flexibility index (Phi) is 5.41. The van der Waals surface area contributed by atoms with Crippen LogP contribution in [-0.4, -0.2) is 36.5 Å². The Hall–Kier alpha value is -1.55. The highest BCUT2D eigenvalue weighted by atomic mass is 16.5. The first-order chi connectivity index (χ1) is 9.74. The van der Waals surface area contributed by atoms with Gasteiger partial charge in [-0.25, -0.2) is 0 Å². The molecule has 1 saturated carbocycles. The van der Waals surface area contributed by atoms with Crippen LogP contribution in [-0.2, 0) is 11.3 Å². The number of likely N-dealkylation sites (N-methyl/N-ethyl adjacent to an activating group) is 1. The zero-order valence-electron chi connectivity index (χ0n) is 12.4. The van der Waals surface area contributed by atoms with Crippen molar-refractivity contribution in [3.8, 4) is 5.75 Å². The van der Waals surface area contributed by atoms with Crippen LogP contribution < -0.4 is 10.1 Å². The summed E-state index contributed by atoms with van der Waals surface area (Å²) in [5.41, 5.74) is 1.17. The molecule has 0 bridgehead atoms. The van der Waals surface area contributed by atoms with Crippen LogP contribution in [0.25, 0.3) is 0 Å².